The molecule has 3 aromatic carbocycles. The second-order valence-corrected chi connectivity index (χ2v) is 7.80. The molecule has 3 N–H and O–H groups in total. The lowest BCUT2D eigenvalue weighted by molar-refractivity contribution is -0.113. The van der Waals surface area contributed by atoms with Crippen LogP contribution in [0.5, 0.6) is 11.5 Å². The van der Waals surface area contributed by atoms with Crippen molar-refractivity contribution in [1.29, 1.82) is 0 Å². The van der Waals surface area contributed by atoms with Crippen molar-refractivity contribution in [3.8, 4) is 11.5 Å². The van der Waals surface area contributed by atoms with Gasteiger partial charge in [-0.25, -0.2) is 4.79 Å². The van der Waals surface area contributed by atoms with Crippen LogP contribution >= 0.6 is 0 Å². The van der Waals surface area contributed by atoms with Crippen molar-refractivity contribution < 1.29 is 19.1 Å². The zero-order valence-corrected chi connectivity index (χ0v) is 19.1. The van der Waals surface area contributed by atoms with Gasteiger partial charge in [-0.3, -0.25) is 4.79 Å². The van der Waals surface area contributed by atoms with Crippen molar-refractivity contribution in [2.75, 3.05) is 11.9 Å². The smallest absolute Gasteiger partial charge is 0.319 e. The predicted molar refractivity (Wildman–Crippen MR) is 131 cm³/mol. The van der Waals surface area contributed by atoms with Gasteiger partial charge < -0.3 is 25.4 Å². The molecule has 0 saturated carbocycles. The lowest BCUT2D eigenvalue weighted by atomic mass is 9.94. The highest BCUT2D eigenvalue weighted by Gasteiger charge is 2.32. The number of amides is 3. The molecule has 0 fully saturated rings. The average Bonchev–Trinajstić information content (AvgIpc) is 2.84. The minimum Gasteiger partial charge on any atom is -0.490 e. The molecule has 174 valence electrons. The minimum absolute atomic E-state index is 0.302. The highest BCUT2D eigenvalue weighted by atomic mass is 16.5. The van der Waals surface area contributed by atoms with Gasteiger partial charge in [0.2, 0.25) is 0 Å². The van der Waals surface area contributed by atoms with Crippen LogP contribution in [-0.2, 0) is 11.4 Å². The maximum Gasteiger partial charge on any atom is 0.319 e. The minimum atomic E-state index is -0.653. The standard InChI is InChI=1S/C27H27N3O4/c1-3-33-23-16-20(14-15-22(23)34-17-19-10-6-4-7-11-19)25-24(18(2)28-27(32)30-25)26(31)29-21-12-8-5-9-13-21/h4-16,25H,3,17H2,1-2H3,(H,29,31)(H2,28,30,32)/t25-/m1/s1. The molecular formula is C27H27N3O4. The molecule has 3 amide bonds. The zero-order valence-electron chi connectivity index (χ0n) is 19.1. The summed E-state index contributed by atoms with van der Waals surface area (Å²) in [6, 6.07) is 23.5. The Morgan fingerprint density at radius 1 is 0.941 bits per heavy atom. The van der Waals surface area contributed by atoms with Crippen molar-refractivity contribution in [3.05, 3.63) is 101 Å². The molecule has 7 nitrogen and oxygen atoms in total. The average molecular weight is 458 g/mol. The van der Waals surface area contributed by atoms with Crippen LogP contribution in [0.1, 0.15) is 31.0 Å². The SMILES string of the molecule is CCOc1cc([C@H]2NC(=O)NC(C)=C2C(=O)Nc2ccccc2)ccc1OCc1ccccc1. The molecular weight excluding hydrogens is 430 g/mol. The molecule has 0 bridgehead atoms. The molecule has 0 saturated heterocycles. The molecule has 0 unspecified atom stereocenters. The fourth-order valence-corrected chi connectivity index (χ4v) is 3.79. The monoisotopic (exact) mass is 457 g/mol. The molecule has 0 radical (unpaired) electrons. The number of hydrogen-bond acceptors (Lipinski definition) is 4. The summed E-state index contributed by atoms with van der Waals surface area (Å²) in [5, 5.41) is 8.46. The Kier molecular flexibility index (Phi) is 7.13. The predicted octanol–water partition coefficient (Wildman–Crippen LogP) is 4.93. The number of nitrogens with one attached hydrogen (secondary N) is 3. The third-order valence-electron chi connectivity index (χ3n) is 5.38. The summed E-state index contributed by atoms with van der Waals surface area (Å²) in [6.07, 6.45) is 0. The Bertz CT molecular complexity index is 1190. The lowest BCUT2D eigenvalue weighted by Gasteiger charge is -2.29. The fraction of sp³-hybridized carbons (Fsp3) is 0.185. The van der Waals surface area contributed by atoms with Crippen molar-refractivity contribution >= 4 is 17.6 Å². The summed E-state index contributed by atoms with van der Waals surface area (Å²) in [6.45, 7) is 4.45. The Morgan fingerprint density at radius 2 is 1.65 bits per heavy atom. The van der Waals surface area contributed by atoms with Crippen LogP contribution in [0.25, 0.3) is 0 Å². The molecule has 7 heteroatoms. The maximum atomic E-state index is 13.2. The number of hydrogen-bond donors (Lipinski definition) is 3. The van der Waals surface area contributed by atoms with E-state index < -0.39 is 6.04 Å². The van der Waals surface area contributed by atoms with Gasteiger partial charge in [-0.15, -0.1) is 0 Å². The first-order valence-electron chi connectivity index (χ1n) is 11.1. The van der Waals surface area contributed by atoms with E-state index in [4.69, 9.17) is 9.47 Å². The number of para-hydroxylation sites is 1. The van der Waals surface area contributed by atoms with Crippen LogP contribution in [0, 0.1) is 0 Å². The number of carbonyl (C=O) groups is 2. The Balaban J connectivity index is 1.62. The van der Waals surface area contributed by atoms with Gasteiger partial charge in [-0.2, -0.15) is 0 Å². The van der Waals surface area contributed by atoms with Crippen molar-refractivity contribution in [1.82, 2.24) is 10.6 Å². The van der Waals surface area contributed by atoms with E-state index in [1.165, 1.54) is 0 Å². The first-order chi connectivity index (χ1) is 16.5. The number of rotatable bonds is 8. The highest BCUT2D eigenvalue weighted by molar-refractivity contribution is 6.06. The summed E-state index contributed by atoms with van der Waals surface area (Å²) in [5.41, 5.74) is 3.33. The first kappa shape index (κ1) is 22.9. The van der Waals surface area contributed by atoms with Gasteiger partial charge in [-0.1, -0.05) is 54.6 Å². The molecule has 1 heterocycles. The normalized spacial score (nSPS) is 15.2. The van der Waals surface area contributed by atoms with Crippen LogP contribution < -0.4 is 25.4 Å². The number of allylic oxidation sites excluding steroid dienone is 1. The van der Waals surface area contributed by atoms with Crippen LogP contribution in [0.2, 0.25) is 0 Å². The van der Waals surface area contributed by atoms with E-state index in [0.717, 1.165) is 5.56 Å². The Morgan fingerprint density at radius 3 is 2.35 bits per heavy atom. The molecule has 4 rings (SSSR count). The highest BCUT2D eigenvalue weighted by Crippen LogP contribution is 2.35. The maximum absolute atomic E-state index is 13.2. The van der Waals surface area contributed by atoms with Crippen molar-refractivity contribution in [3.63, 3.8) is 0 Å². The van der Waals surface area contributed by atoms with Gasteiger partial charge in [-0.05, 0) is 49.2 Å². The van der Waals surface area contributed by atoms with E-state index in [2.05, 4.69) is 16.0 Å². The van der Waals surface area contributed by atoms with Crippen LogP contribution in [0.4, 0.5) is 10.5 Å². The van der Waals surface area contributed by atoms with Gasteiger partial charge in [0.25, 0.3) is 5.91 Å². The summed E-state index contributed by atoms with van der Waals surface area (Å²) in [7, 11) is 0. The third kappa shape index (κ3) is 5.38. The van der Waals surface area contributed by atoms with Crippen LogP contribution in [-0.4, -0.2) is 18.5 Å². The molecule has 0 aromatic heterocycles. The Hall–Kier alpha value is -4.26. The number of ether oxygens (including phenoxy) is 2. The molecule has 0 aliphatic carbocycles. The zero-order chi connectivity index (χ0) is 23.9. The van der Waals surface area contributed by atoms with Gasteiger partial charge >= 0.3 is 6.03 Å². The summed E-state index contributed by atoms with van der Waals surface area (Å²) in [4.78, 5) is 25.5. The van der Waals surface area contributed by atoms with Crippen molar-refractivity contribution in [2.45, 2.75) is 26.5 Å². The van der Waals surface area contributed by atoms with Crippen molar-refractivity contribution in [2.24, 2.45) is 0 Å². The Labute approximate surface area is 198 Å². The molecule has 1 aliphatic heterocycles. The number of carbonyl (C=O) groups excluding carboxylic acids is 2. The quantitative estimate of drug-likeness (QED) is 0.447. The molecule has 1 aliphatic rings. The topological polar surface area (TPSA) is 88.7 Å². The van der Waals surface area contributed by atoms with E-state index >= 15 is 0 Å². The number of urea groups is 1. The van der Waals surface area contributed by atoms with Gasteiger partial charge in [0.15, 0.2) is 11.5 Å². The van der Waals surface area contributed by atoms with E-state index in [0.29, 0.717) is 47.2 Å². The number of benzene rings is 3. The van der Waals surface area contributed by atoms with E-state index in [9.17, 15) is 9.59 Å². The summed E-state index contributed by atoms with van der Waals surface area (Å²) < 4.78 is 11.8. The second-order valence-electron chi connectivity index (χ2n) is 7.80. The molecule has 1 atom stereocenters. The van der Waals surface area contributed by atoms with E-state index in [1.54, 1.807) is 13.0 Å². The summed E-state index contributed by atoms with van der Waals surface area (Å²) in [5.74, 6) is 0.832. The van der Waals surface area contributed by atoms with Gasteiger partial charge in [0, 0.05) is 11.4 Å². The van der Waals surface area contributed by atoms with Gasteiger partial charge in [0.05, 0.1) is 18.2 Å². The summed E-state index contributed by atoms with van der Waals surface area (Å²) >= 11 is 0. The van der Waals surface area contributed by atoms with E-state index in [1.807, 2.05) is 79.7 Å². The second kappa shape index (κ2) is 10.6. The lowest BCUT2D eigenvalue weighted by Crippen LogP contribution is -2.46. The largest absolute Gasteiger partial charge is 0.490 e. The van der Waals surface area contributed by atoms with Crippen LogP contribution in [0.3, 0.4) is 0 Å². The first-order valence-corrected chi connectivity index (χ1v) is 11.1. The van der Waals surface area contributed by atoms with Gasteiger partial charge in [0.1, 0.15) is 6.61 Å². The molecule has 3 aromatic rings. The fourth-order valence-electron chi connectivity index (χ4n) is 3.79. The number of anilines is 1. The molecule has 34 heavy (non-hydrogen) atoms. The van der Waals surface area contributed by atoms with Crippen LogP contribution in [0.15, 0.2) is 90.1 Å². The third-order valence-corrected chi connectivity index (χ3v) is 5.38. The molecule has 0 spiro atoms. The van der Waals surface area contributed by atoms with E-state index in [-0.39, 0.29) is 11.9 Å².